The van der Waals surface area contributed by atoms with E-state index in [1.807, 2.05) is 13.8 Å². The lowest BCUT2D eigenvalue weighted by atomic mass is 9.91. The van der Waals surface area contributed by atoms with Crippen molar-refractivity contribution in [3.8, 4) is 0 Å². The number of aromatic nitrogens is 2. The zero-order valence-corrected chi connectivity index (χ0v) is 13.1. The molecule has 2 unspecified atom stereocenters. The van der Waals surface area contributed by atoms with E-state index in [0.29, 0.717) is 30.0 Å². The summed E-state index contributed by atoms with van der Waals surface area (Å²) in [5.41, 5.74) is 0.670. The molecule has 21 heavy (non-hydrogen) atoms. The Bertz CT molecular complexity index is 459. The van der Waals surface area contributed by atoms with Crippen LogP contribution in [-0.4, -0.2) is 28.6 Å². The number of hydrogen-bond acceptors (Lipinski definition) is 4. The summed E-state index contributed by atoms with van der Waals surface area (Å²) in [6.45, 7) is 6.98. The molecule has 5 heteroatoms. The van der Waals surface area contributed by atoms with E-state index in [-0.39, 0.29) is 5.91 Å². The van der Waals surface area contributed by atoms with Gasteiger partial charge in [0.05, 0.1) is 24.2 Å². The molecule has 1 aliphatic rings. The number of carbonyl (C=O) groups excluding carboxylic acids is 1. The third kappa shape index (κ3) is 4.77. The maximum atomic E-state index is 12.1. The number of nitrogens with one attached hydrogen (secondary N) is 1. The van der Waals surface area contributed by atoms with Crippen molar-refractivity contribution in [2.75, 3.05) is 11.9 Å². The van der Waals surface area contributed by atoms with E-state index in [1.165, 1.54) is 0 Å². The number of anilines is 1. The first-order valence-electron chi connectivity index (χ1n) is 7.81. The Hall–Kier alpha value is -1.49. The van der Waals surface area contributed by atoms with Gasteiger partial charge in [0, 0.05) is 18.9 Å². The zero-order valence-electron chi connectivity index (χ0n) is 13.1. The first-order chi connectivity index (χ1) is 10.1. The SMILES string of the molecule is CCC1CC(CC(=O)Nc2cnc(C(C)C)nc2)CCO1. The van der Waals surface area contributed by atoms with E-state index in [4.69, 9.17) is 4.74 Å². The Morgan fingerprint density at radius 3 is 2.76 bits per heavy atom. The van der Waals surface area contributed by atoms with Crippen molar-refractivity contribution in [3.63, 3.8) is 0 Å². The van der Waals surface area contributed by atoms with Crippen LogP contribution in [0.25, 0.3) is 0 Å². The molecule has 0 radical (unpaired) electrons. The summed E-state index contributed by atoms with van der Waals surface area (Å²) < 4.78 is 5.64. The fourth-order valence-electron chi connectivity index (χ4n) is 2.60. The van der Waals surface area contributed by atoms with Gasteiger partial charge in [0.1, 0.15) is 5.82 Å². The van der Waals surface area contributed by atoms with Crippen LogP contribution in [0.15, 0.2) is 12.4 Å². The maximum Gasteiger partial charge on any atom is 0.224 e. The van der Waals surface area contributed by atoms with E-state index < -0.39 is 0 Å². The molecule has 2 rings (SSSR count). The second-order valence-corrected chi connectivity index (χ2v) is 6.03. The van der Waals surface area contributed by atoms with Gasteiger partial charge in [0.2, 0.25) is 5.91 Å². The third-order valence-electron chi connectivity index (χ3n) is 3.88. The molecule has 1 fully saturated rings. The van der Waals surface area contributed by atoms with Crippen LogP contribution in [0.2, 0.25) is 0 Å². The molecule has 2 atom stereocenters. The van der Waals surface area contributed by atoms with Gasteiger partial charge < -0.3 is 10.1 Å². The van der Waals surface area contributed by atoms with Crippen LogP contribution in [0.1, 0.15) is 58.2 Å². The average molecular weight is 291 g/mol. The van der Waals surface area contributed by atoms with Crippen molar-refractivity contribution in [2.24, 2.45) is 5.92 Å². The standard InChI is InChI=1S/C16H25N3O2/c1-4-14-7-12(5-6-21-14)8-15(20)19-13-9-17-16(11(2)3)18-10-13/h9-12,14H,4-8H2,1-3H3,(H,19,20). The third-order valence-corrected chi connectivity index (χ3v) is 3.88. The first kappa shape index (κ1) is 15.9. The van der Waals surface area contributed by atoms with Gasteiger partial charge in [-0.15, -0.1) is 0 Å². The summed E-state index contributed by atoms with van der Waals surface area (Å²) in [7, 11) is 0. The summed E-state index contributed by atoms with van der Waals surface area (Å²) in [4.78, 5) is 20.6. The minimum Gasteiger partial charge on any atom is -0.378 e. The molecule has 0 aromatic carbocycles. The summed E-state index contributed by atoms with van der Waals surface area (Å²) in [6, 6.07) is 0. The van der Waals surface area contributed by atoms with Gasteiger partial charge in [-0.05, 0) is 25.2 Å². The summed E-state index contributed by atoms with van der Waals surface area (Å²) in [5, 5.41) is 2.88. The second-order valence-electron chi connectivity index (χ2n) is 6.03. The predicted octanol–water partition coefficient (Wildman–Crippen LogP) is 3.13. The molecule has 0 spiro atoms. The quantitative estimate of drug-likeness (QED) is 0.905. The molecule has 1 saturated heterocycles. The van der Waals surface area contributed by atoms with Crippen molar-refractivity contribution < 1.29 is 9.53 Å². The van der Waals surface area contributed by atoms with Gasteiger partial charge in [0.25, 0.3) is 0 Å². The topological polar surface area (TPSA) is 64.1 Å². The van der Waals surface area contributed by atoms with E-state index >= 15 is 0 Å². The lowest BCUT2D eigenvalue weighted by molar-refractivity contribution is -0.118. The monoisotopic (exact) mass is 291 g/mol. The minimum absolute atomic E-state index is 0.0395. The van der Waals surface area contributed by atoms with Gasteiger partial charge in [-0.2, -0.15) is 0 Å². The van der Waals surface area contributed by atoms with E-state index in [1.54, 1.807) is 12.4 Å². The number of rotatable bonds is 5. The molecular weight excluding hydrogens is 266 g/mol. The second kappa shape index (κ2) is 7.50. The molecule has 0 saturated carbocycles. The van der Waals surface area contributed by atoms with Gasteiger partial charge >= 0.3 is 0 Å². The molecule has 1 amide bonds. The maximum absolute atomic E-state index is 12.1. The Balaban J connectivity index is 1.83. The molecule has 116 valence electrons. The zero-order chi connectivity index (χ0) is 15.2. The fraction of sp³-hybridized carbons (Fsp3) is 0.688. The van der Waals surface area contributed by atoms with Crippen LogP contribution in [0.3, 0.4) is 0 Å². The summed E-state index contributed by atoms with van der Waals surface area (Å²) in [5.74, 6) is 1.54. The Labute approximate surface area is 126 Å². The first-order valence-corrected chi connectivity index (χ1v) is 7.81. The van der Waals surface area contributed by atoms with Crippen LogP contribution in [0.5, 0.6) is 0 Å². The van der Waals surface area contributed by atoms with Crippen molar-refractivity contribution >= 4 is 11.6 Å². The lowest BCUT2D eigenvalue weighted by Gasteiger charge is -2.28. The van der Waals surface area contributed by atoms with Crippen molar-refractivity contribution in [2.45, 2.75) is 58.5 Å². The number of amides is 1. The van der Waals surface area contributed by atoms with Gasteiger partial charge in [0.15, 0.2) is 0 Å². The normalized spacial score (nSPS) is 22.3. The Kier molecular flexibility index (Phi) is 5.67. The van der Waals surface area contributed by atoms with Crippen molar-refractivity contribution in [1.29, 1.82) is 0 Å². The van der Waals surface area contributed by atoms with E-state index in [0.717, 1.165) is 31.7 Å². The molecule has 1 aromatic rings. The summed E-state index contributed by atoms with van der Waals surface area (Å²) in [6.07, 6.45) is 7.18. The summed E-state index contributed by atoms with van der Waals surface area (Å²) >= 11 is 0. The van der Waals surface area contributed by atoms with Crippen LogP contribution < -0.4 is 5.32 Å². The molecule has 1 N–H and O–H groups in total. The predicted molar refractivity (Wildman–Crippen MR) is 82.1 cm³/mol. The Morgan fingerprint density at radius 1 is 1.43 bits per heavy atom. The van der Waals surface area contributed by atoms with Crippen molar-refractivity contribution in [3.05, 3.63) is 18.2 Å². The van der Waals surface area contributed by atoms with Crippen LogP contribution in [0, 0.1) is 5.92 Å². The number of nitrogens with zero attached hydrogens (tertiary/aromatic N) is 2. The largest absolute Gasteiger partial charge is 0.378 e. The highest BCUT2D eigenvalue weighted by Crippen LogP contribution is 2.25. The van der Waals surface area contributed by atoms with Crippen LogP contribution >= 0.6 is 0 Å². The molecule has 1 aliphatic heterocycles. The molecule has 0 bridgehead atoms. The van der Waals surface area contributed by atoms with Crippen molar-refractivity contribution in [1.82, 2.24) is 9.97 Å². The van der Waals surface area contributed by atoms with E-state index in [2.05, 4.69) is 22.2 Å². The lowest BCUT2D eigenvalue weighted by Crippen LogP contribution is -2.28. The Morgan fingerprint density at radius 2 is 2.14 bits per heavy atom. The molecule has 5 nitrogen and oxygen atoms in total. The highest BCUT2D eigenvalue weighted by molar-refractivity contribution is 5.90. The van der Waals surface area contributed by atoms with Gasteiger partial charge in [-0.25, -0.2) is 9.97 Å². The average Bonchev–Trinajstić information content (AvgIpc) is 2.47. The number of hydrogen-bond donors (Lipinski definition) is 1. The van der Waals surface area contributed by atoms with Crippen LogP contribution in [-0.2, 0) is 9.53 Å². The number of ether oxygens (including phenoxy) is 1. The van der Waals surface area contributed by atoms with Gasteiger partial charge in [-0.3, -0.25) is 4.79 Å². The van der Waals surface area contributed by atoms with Gasteiger partial charge in [-0.1, -0.05) is 20.8 Å². The van der Waals surface area contributed by atoms with Crippen LogP contribution in [0.4, 0.5) is 5.69 Å². The molecule has 2 heterocycles. The molecular formula is C16H25N3O2. The molecule has 0 aliphatic carbocycles. The minimum atomic E-state index is 0.0395. The number of carbonyl (C=O) groups is 1. The fourth-order valence-corrected chi connectivity index (χ4v) is 2.60. The van der Waals surface area contributed by atoms with E-state index in [9.17, 15) is 4.79 Å². The molecule has 1 aromatic heterocycles. The highest BCUT2D eigenvalue weighted by atomic mass is 16.5. The highest BCUT2D eigenvalue weighted by Gasteiger charge is 2.23. The smallest absolute Gasteiger partial charge is 0.224 e.